The smallest absolute Gasteiger partial charge is 0.325 e. The maximum absolute atomic E-state index is 12.5. The largest absolute Gasteiger partial charge is 0.465 e. The number of benzene rings is 1. The van der Waals surface area contributed by atoms with Crippen molar-refractivity contribution >= 4 is 21.7 Å². The van der Waals surface area contributed by atoms with Crippen molar-refractivity contribution in [2.75, 3.05) is 13.2 Å². The average Bonchev–Trinajstić information content (AvgIpc) is 3.09. The van der Waals surface area contributed by atoms with E-state index in [0.29, 0.717) is 0 Å². The number of aromatic nitrogens is 2. The first kappa shape index (κ1) is 19.6. The van der Waals surface area contributed by atoms with Crippen molar-refractivity contribution in [3.05, 3.63) is 42.4 Å². The van der Waals surface area contributed by atoms with E-state index >= 15 is 0 Å². The molecule has 140 valence electrons. The van der Waals surface area contributed by atoms with E-state index in [9.17, 15) is 18.0 Å². The van der Waals surface area contributed by atoms with E-state index in [1.807, 2.05) is 6.92 Å². The van der Waals surface area contributed by atoms with Gasteiger partial charge in [0.05, 0.1) is 17.8 Å². The number of amides is 1. The third kappa shape index (κ3) is 5.16. The molecule has 0 atom stereocenters. The highest BCUT2D eigenvalue weighted by atomic mass is 32.2. The van der Waals surface area contributed by atoms with Gasteiger partial charge in [-0.2, -0.15) is 0 Å². The Morgan fingerprint density at radius 1 is 1.23 bits per heavy atom. The molecule has 1 aromatic carbocycles. The van der Waals surface area contributed by atoms with Crippen LogP contribution in [0.4, 0.5) is 0 Å². The summed E-state index contributed by atoms with van der Waals surface area (Å²) >= 11 is 0. The van der Waals surface area contributed by atoms with Gasteiger partial charge in [0.2, 0.25) is 15.7 Å². The Kier molecular flexibility index (Phi) is 6.51. The summed E-state index contributed by atoms with van der Waals surface area (Å²) in [5.74, 6) is -0.843. The quantitative estimate of drug-likeness (QED) is 0.688. The minimum atomic E-state index is -3.69. The molecule has 0 aliphatic carbocycles. The van der Waals surface area contributed by atoms with Crippen molar-refractivity contribution in [2.24, 2.45) is 0 Å². The first-order valence-corrected chi connectivity index (χ1v) is 9.57. The highest BCUT2D eigenvalue weighted by molar-refractivity contribution is 7.91. The molecular formula is C17H21N3O5S. The first-order chi connectivity index (χ1) is 12.3. The third-order valence-electron chi connectivity index (χ3n) is 3.55. The van der Waals surface area contributed by atoms with Gasteiger partial charge in [-0.05, 0) is 26.0 Å². The van der Waals surface area contributed by atoms with E-state index < -0.39 is 15.8 Å². The monoisotopic (exact) mass is 379 g/mol. The molecule has 9 heteroatoms. The van der Waals surface area contributed by atoms with Crippen molar-refractivity contribution in [1.82, 2.24) is 14.9 Å². The molecule has 0 aliphatic heterocycles. The summed E-state index contributed by atoms with van der Waals surface area (Å²) in [4.78, 5) is 27.0. The molecule has 0 fully saturated rings. The van der Waals surface area contributed by atoms with Crippen LogP contribution in [0.2, 0.25) is 0 Å². The minimum Gasteiger partial charge on any atom is -0.465 e. The molecule has 0 saturated heterocycles. The van der Waals surface area contributed by atoms with Crippen LogP contribution in [-0.2, 0) is 30.7 Å². The molecule has 1 heterocycles. The van der Waals surface area contributed by atoms with Crippen molar-refractivity contribution in [1.29, 1.82) is 0 Å². The molecular weight excluding hydrogens is 358 g/mol. The van der Waals surface area contributed by atoms with E-state index in [-0.39, 0.29) is 41.9 Å². The van der Waals surface area contributed by atoms with Crippen LogP contribution in [0.15, 0.2) is 46.7 Å². The Hall–Kier alpha value is -2.68. The molecule has 2 rings (SSSR count). The van der Waals surface area contributed by atoms with Crippen LogP contribution in [0.3, 0.4) is 0 Å². The number of ether oxygens (including phenoxy) is 1. The summed E-state index contributed by atoms with van der Waals surface area (Å²) in [5, 5.41) is 2.36. The van der Waals surface area contributed by atoms with E-state index in [4.69, 9.17) is 4.74 Å². The molecule has 0 saturated carbocycles. The maximum Gasteiger partial charge on any atom is 0.325 e. The summed E-state index contributed by atoms with van der Waals surface area (Å²) in [6.07, 6.45) is 2.83. The molecule has 0 bridgehead atoms. The topological polar surface area (TPSA) is 107 Å². The molecule has 0 radical (unpaired) electrons. The normalized spacial score (nSPS) is 11.2. The molecule has 2 aromatic rings. The number of hydrogen-bond donors (Lipinski definition) is 1. The summed E-state index contributed by atoms with van der Waals surface area (Å²) in [6, 6.07) is 6.51. The number of nitrogens with one attached hydrogen (secondary N) is 1. The lowest BCUT2D eigenvalue weighted by Gasteiger charge is -2.05. The zero-order valence-corrected chi connectivity index (χ0v) is 15.5. The zero-order valence-electron chi connectivity index (χ0n) is 14.6. The maximum atomic E-state index is 12.5. The minimum absolute atomic E-state index is 0.0757. The van der Waals surface area contributed by atoms with Crippen LogP contribution in [0.5, 0.6) is 0 Å². The van der Waals surface area contributed by atoms with Gasteiger partial charge in [-0.15, -0.1) is 0 Å². The summed E-state index contributed by atoms with van der Waals surface area (Å²) in [6.45, 7) is 3.86. The fourth-order valence-electron chi connectivity index (χ4n) is 2.14. The van der Waals surface area contributed by atoms with Gasteiger partial charge in [0.25, 0.3) is 0 Å². The zero-order chi connectivity index (χ0) is 19.2. The van der Waals surface area contributed by atoms with Gasteiger partial charge >= 0.3 is 5.97 Å². The van der Waals surface area contributed by atoms with Crippen LogP contribution in [-0.4, -0.2) is 43.0 Å². The van der Waals surface area contributed by atoms with Crippen molar-refractivity contribution in [3.63, 3.8) is 0 Å². The number of carbonyl (C=O) groups excluding carboxylic acids is 2. The number of esters is 1. The highest BCUT2D eigenvalue weighted by Gasteiger charge is 2.20. The third-order valence-corrected chi connectivity index (χ3v) is 5.20. The van der Waals surface area contributed by atoms with Crippen molar-refractivity contribution < 1.29 is 22.7 Å². The van der Waals surface area contributed by atoms with Gasteiger partial charge in [-0.25, -0.2) is 13.4 Å². The Bertz CT molecular complexity index is 872. The van der Waals surface area contributed by atoms with Gasteiger partial charge in [0, 0.05) is 19.2 Å². The Morgan fingerprint density at radius 3 is 2.58 bits per heavy atom. The fourth-order valence-corrected chi connectivity index (χ4v) is 3.34. The second-order valence-electron chi connectivity index (χ2n) is 5.60. The fraction of sp³-hybridized carbons (Fsp3) is 0.353. The number of rotatable bonds is 8. The van der Waals surface area contributed by atoms with Crippen LogP contribution in [0.25, 0.3) is 0 Å². The number of hydrogen-bond acceptors (Lipinski definition) is 6. The summed E-state index contributed by atoms with van der Waals surface area (Å²) in [5.41, 5.74) is 0.961. The van der Waals surface area contributed by atoms with Crippen molar-refractivity contribution in [2.45, 2.75) is 36.7 Å². The number of sulfone groups is 1. The van der Waals surface area contributed by atoms with E-state index in [0.717, 1.165) is 5.56 Å². The van der Waals surface area contributed by atoms with E-state index in [2.05, 4.69) is 10.3 Å². The van der Waals surface area contributed by atoms with Crippen LogP contribution >= 0.6 is 0 Å². The number of carbonyl (C=O) groups is 2. The standard InChI is InChI=1S/C17H21N3O5S/c1-3-25-17(22)10-18-15(21)8-9-20-11-16(19-12-20)26(23,24)14-6-4-13(2)5-7-14/h4-7,11-12H,3,8-10H2,1-2H3,(H,18,21). The second kappa shape index (κ2) is 8.61. The van der Waals surface area contributed by atoms with Crippen LogP contribution < -0.4 is 5.32 Å². The molecule has 0 spiro atoms. The first-order valence-electron chi connectivity index (χ1n) is 8.08. The Balaban J connectivity index is 1.94. The highest BCUT2D eigenvalue weighted by Crippen LogP contribution is 2.19. The molecule has 1 aromatic heterocycles. The second-order valence-corrected chi connectivity index (χ2v) is 7.49. The van der Waals surface area contributed by atoms with Gasteiger partial charge in [-0.1, -0.05) is 17.7 Å². The summed E-state index contributed by atoms with van der Waals surface area (Å²) in [7, 11) is -3.69. The number of imidazole rings is 1. The number of nitrogens with zero attached hydrogens (tertiary/aromatic N) is 2. The molecule has 0 aliphatic rings. The predicted octanol–water partition coefficient (Wildman–Crippen LogP) is 1.09. The summed E-state index contributed by atoms with van der Waals surface area (Å²) < 4.78 is 31.3. The van der Waals surface area contributed by atoms with Crippen molar-refractivity contribution in [3.8, 4) is 0 Å². The average molecular weight is 379 g/mol. The molecule has 1 amide bonds. The van der Waals surface area contributed by atoms with Gasteiger partial charge in [0.1, 0.15) is 6.54 Å². The van der Waals surface area contributed by atoms with Crippen LogP contribution in [0.1, 0.15) is 18.9 Å². The molecule has 1 N–H and O–H groups in total. The van der Waals surface area contributed by atoms with Gasteiger partial charge in [-0.3, -0.25) is 9.59 Å². The molecule has 26 heavy (non-hydrogen) atoms. The van der Waals surface area contributed by atoms with Crippen LogP contribution in [0, 0.1) is 6.92 Å². The Labute approximate surface area is 152 Å². The van der Waals surface area contributed by atoms with Gasteiger partial charge in [0.15, 0.2) is 5.03 Å². The molecule has 8 nitrogen and oxygen atoms in total. The predicted molar refractivity (Wildman–Crippen MR) is 93.1 cm³/mol. The van der Waals surface area contributed by atoms with E-state index in [1.54, 1.807) is 19.1 Å². The molecule has 0 unspecified atom stereocenters. The van der Waals surface area contributed by atoms with E-state index in [1.165, 1.54) is 29.2 Å². The van der Waals surface area contributed by atoms with Gasteiger partial charge < -0.3 is 14.6 Å². The lowest BCUT2D eigenvalue weighted by Crippen LogP contribution is -2.31. The lowest BCUT2D eigenvalue weighted by molar-refractivity contribution is -0.143. The number of aryl methyl sites for hydroxylation is 2. The SMILES string of the molecule is CCOC(=O)CNC(=O)CCn1cnc(S(=O)(=O)c2ccc(C)cc2)c1. The Morgan fingerprint density at radius 2 is 1.92 bits per heavy atom. The lowest BCUT2D eigenvalue weighted by atomic mass is 10.2.